The largest absolute Gasteiger partial charge is 0.325 e. The minimum atomic E-state index is -0.402. The van der Waals surface area contributed by atoms with Crippen LogP contribution in [0.5, 0.6) is 0 Å². The van der Waals surface area contributed by atoms with Gasteiger partial charge in [0.15, 0.2) is 0 Å². The molecule has 0 radical (unpaired) electrons. The molecule has 3 amide bonds. The van der Waals surface area contributed by atoms with Crippen molar-refractivity contribution in [2.24, 2.45) is 5.92 Å². The monoisotopic (exact) mass is 300 g/mol. The minimum absolute atomic E-state index is 0.0651. The molecule has 2 aliphatic rings. The van der Waals surface area contributed by atoms with Gasteiger partial charge in [0.25, 0.3) is 5.91 Å². The highest BCUT2D eigenvalue weighted by atomic mass is 16.2. The first-order valence-electron chi connectivity index (χ1n) is 8.40. The topological polar surface area (TPSA) is 49.4 Å². The summed E-state index contributed by atoms with van der Waals surface area (Å²) >= 11 is 0. The number of carbonyl (C=O) groups is 2. The zero-order valence-electron chi connectivity index (χ0n) is 13.0. The molecule has 1 saturated carbocycles. The molecule has 1 atom stereocenters. The van der Waals surface area contributed by atoms with Gasteiger partial charge in [-0.2, -0.15) is 0 Å². The van der Waals surface area contributed by atoms with Crippen molar-refractivity contribution in [3.05, 3.63) is 35.9 Å². The van der Waals surface area contributed by atoms with Gasteiger partial charge in [-0.3, -0.25) is 9.69 Å². The Kier molecular flexibility index (Phi) is 4.76. The summed E-state index contributed by atoms with van der Waals surface area (Å²) in [7, 11) is 0. The number of amides is 3. The Bertz CT molecular complexity index is 523. The maximum absolute atomic E-state index is 12.4. The standard InChI is InChI=1S/C18H24N2O2/c21-17-16(13-15-9-5-2-6-10-15)19-18(22)20(17)12-11-14-7-3-1-4-8-14/h2,5-6,9-10,14,16H,1,3-4,7-8,11-13H2,(H,19,22). The lowest BCUT2D eigenvalue weighted by Crippen LogP contribution is -2.34. The van der Waals surface area contributed by atoms with Crippen LogP contribution in [-0.4, -0.2) is 29.4 Å². The van der Waals surface area contributed by atoms with Gasteiger partial charge in [0.1, 0.15) is 6.04 Å². The van der Waals surface area contributed by atoms with Crippen LogP contribution in [0.2, 0.25) is 0 Å². The molecule has 0 bridgehead atoms. The third-order valence-electron chi connectivity index (χ3n) is 4.88. The molecule has 118 valence electrons. The fourth-order valence-corrected chi connectivity index (χ4v) is 3.56. The number of hydrogen-bond acceptors (Lipinski definition) is 2. The molecular weight excluding hydrogens is 276 g/mol. The lowest BCUT2D eigenvalue weighted by atomic mass is 9.87. The Labute approximate surface area is 131 Å². The smallest absolute Gasteiger partial charge is 0.324 e. The maximum atomic E-state index is 12.4. The normalized spacial score (nSPS) is 22.9. The van der Waals surface area contributed by atoms with Crippen LogP contribution >= 0.6 is 0 Å². The number of urea groups is 1. The van der Waals surface area contributed by atoms with Crippen LogP contribution in [-0.2, 0) is 11.2 Å². The van der Waals surface area contributed by atoms with E-state index in [2.05, 4.69) is 5.32 Å². The van der Waals surface area contributed by atoms with E-state index >= 15 is 0 Å². The first-order chi connectivity index (χ1) is 10.7. The van der Waals surface area contributed by atoms with Crippen molar-refractivity contribution in [2.45, 2.75) is 51.0 Å². The third kappa shape index (κ3) is 3.49. The Hall–Kier alpha value is -1.84. The zero-order valence-corrected chi connectivity index (χ0v) is 13.0. The van der Waals surface area contributed by atoms with E-state index in [0.717, 1.165) is 12.0 Å². The summed E-state index contributed by atoms with van der Waals surface area (Å²) in [5.74, 6) is 0.618. The lowest BCUT2D eigenvalue weighted by molar-refractivity contribution is -0.127. The molecule has 4 nitrogen and oxygen atoms in total. The van der Waals surface area contributed by atoms with E-state index in [0.29, 0.717) is 18.9 Å². The molecule has 1 saturated heterocycles. The highest BCUT2D eigenvalue weighted by Gasteiger charge is 2.37. The van der Waals surface area contributed by atoms with Crippen molar-refractivity contribution in [1.29, 1.82) is 0 Å². The number of benzene rings is 1. The van der Waals surface area contributed by atoms with E-state index < -0.39 is 6.04 Å². The maximum Gasteiger partial charge on any atom is 0.324 e. The first-order valence-corrected chi connectivity index (χ1v) is 8.40. The Morgan fingerprint density at radius 1 is 1.05 bits per heavy atom. The van der Waals surface area contributed by atoms with Gasteiger partial charge in [0, 0.05) is 13.0 Å². The Morgan fingerprint density at radius 2 is 1.77 bits per heavy atom. The summed E-state index contributed by atoms with van der Waals surface area (Å²) in [6.07, 6.45) is 7.94. The predicted molar refractivity (Wildman–Crippen MR) is 85.4 cm³/mol. The molecule has 1 aromatic rings. The second-order valence-electron chi connectivity index (χ2n) is 6.47. The molecule has 1 aliphatic carbocycles. The van der Waals surface area contributed by atoms with E-state index in [1.54, 1.807) is 0 Å². The molecule has 4 heteroatoms. The summed E-state index contributed by atoms with van der Waals surface area (Å²) in [5.41, 5.74) is 1.08. The lowest BCUT2D eigenvalue weighted by Gasteiger charge is -2.23. The third-order valence-corrected chi connectivity index (χ3v) is 4.88. The SMILES string of the molecule is O=C1NC(Cc2ccccc2)C(=O)N1CCC1CCCCC1. The van der Waals surface area contributed by atoms with E-state index in [9.17, 15) is 9.59 Å². The average molecular weight is 300 g/mol. The van der Waals surface area contributed by atoms with E-state index in [1.165, 1.54) is 37.0 Å². The summed E-state index contributed by atoms with van der Waals surface area (Å²) in [6, 6.07) is 9.22. The highest BCUT2D eigenvalue weighted by Crippen LogP contribution is 2.27. The molecular formula is C18H24N2O2. The Balaban J connectivity index is 1.54. The number of hydrogen-bond donors (Lipinski definition) is 1. The van der Waals surface area contributed by atoms with Crippen LogP contribution in [0.15, 0.2) is 30.3 Å². The van der Waals surface area contributed by atoms with Crippen LogP contribution in [0.1, 0.15) is 44.1 Å². The van der Waals surface area contributed by atoms with Gasteiger partial charge in [-0.15, -0.1) is 0 Å². The number of imide groups is 1. The molecule has 0 spiro atoms. The van der Waals surface area contributed by atoms with E-state index in [1.807, 2.05) is 30.3 Å². The number of carbonyl (C=O) groups excluding carboxylic acids is 2. The van der Waals surface area contributed by atoms with Crippen molar-refractivity contribution in [3.63, 3.8) is 0 Å². The average Bonchev–Trinajstić information content (AvgIpc) is 2.81. The molecule has 3 rings (SSSR count). The first kappa shape index (κ1) is 15.1. The fourth-order valence-electron chi connectivity index (χ4n) is 3.56. The second kappa shape index (κ2) is 6.95. The number of nitrogens with one attached hydrogen (secondary N) is 1. The van der Waals surface area contributed by atoms with Crippen LogP contribution in [0.25, 0.3) is 0 Å². The fraction of sp³-hybridized carbons (Fsp3) is 0.556. The molecule has 1 aliphatic heterocycles. The molecule has 2 fully saturated rings. The van der Waals surface area contributed by atoms with Gasteiger partial charge >= 0.3 is 6.03 Å². The van der Waals surface area contributed by atoms with Crippen molar-refractivity contribution in [2.75, 3.05) is 6.54 Å². The number of nitrogens with zero attached hydrogens (tertiary/aromatic N) is 1. The van der Waals surface area contributed by atoms with Crippen molar-refractivity contribution in [1.82, 2.24) is 10.2 Å². The zero-order chi connectivity index (χ0) is 15.4. The van der Waals surface area contributed by atoms with Crippen molar-refractivity contribution < 1.29 is 9.59 Å². The second-order valence-corrected chi connectivity index (χ2v) is 6.47. The van der Waals surface area contributed by atoms with Crippen molar-refractivity contribution in [3.8, 4) is 0 Å². The summed E-state index contributed by atoms with van der Waals surface area (Å²) in [5, 5.41) is 2.83. The van der Waals surface area contributed by atoms with E-state index in [-0.39, 0.29) is 11.9 Å². The van der Waals surface area contributed by atoms with Gasteiger partial charge in [-0.05, 0) is 17.9 Å². The van der Waals surface area contributed by atoms with Gasteiger partial charge in [-0.25, -0.2) is 4.79 Å². The minimum Gasteiger partial charge on any atom is -0.325 e. The van der Waals surface area contributed by atoms with E-state index in [4.69, 9.17) is 0 Å². The summed E-state index contributed by atoms with van der Waals surface area (Å²) in [6.45, 7) is 0.570. The Morgan fingerprint density at radius 3 is 2.50 bits per heavy atom. The predicted octanol–water partition coefficient (Wildman–Crippen LogP) is 3.12. The molecule has 22 heavy (non-hydrogen) atoms. The molecule has 0 aromatic heterocycles. The summed E-state index contributed by atoms with van der Waals surface area (Å²) in [4.78, 5) is 25.9. The molecule has 1 unspecified atom stereocenters. The van der Waals surface area contributed by atoms with Crippen molar-refractivity contribution >= 4 is 11.9 Å². The number of rotatable bonds is 5. The summed E-state index contributed by atoms with van der Waals surface area (Å²) < 4.78 is 0. The van der Waals surface area contributed by atoms with Gasteiger partial charge in [0.05, 0.1) is 0 Å². The van der Waals surface area contributed by atoms with Crippen LogP contribution < -0.4 is 5.32 Å². The van der Waals surface area contributed by atoms with Crippen LogP contribution in [0.3, 0.4) is 0 Å². The molecule has 1 aromatic carbocycles. The highest BCUT2D eigenvalue weighted by molar-refractivity contribution is 6.04. The van der Waals surface area contributed by atoms with Crippen LogP contribution in [0.4, 0.5) is 4.79 Å². The quantitative estimate of drug-likeness (QED) is 0.849. The van der Waals surface area contributed by atoms with Crippen LogP contribution in [0, 0.1) is 5.92 Å². The molecule has 1 heterocycles. The van der Waals surface area contributed by atoms with Gasteiger partial charge in [0.2, 0.25) is 0 Å². The molecule has 1 N–H and O–H groups in total. The van der Waals surface area contributed by atoms with Gasteiger partial charge in [-0.1, -0.05) is 62.4 Å². The van der Waals surface area contributed by atoms with Gasteiger partial charge < -0.3 is 5.32 Å².